The smallest absolute Gasteiger partial charge is 0.137 e. The van der Waals surface area contributed by atoms with Crippen LogP contribution >= 0.6 is 0 Å². The maximum absolute atomic E-state index is 5.94. The molecular weight excluding hydrogens is 256 g/mol. The van der Waals surface area contributed by atoms with E-state index >= 15 is 0 Å². The number of furan rings is 1. The van der Waals surface area contributed by atoms with Gasteiger partial charge in [-0.15, -0.1) is 0 Å². The molecule has 0 saturated heterocycles. The molecule has 0 unspecified atom stereocenters. The number of hydrogen-bond donors (Lipinski definition) is 0. The van der Waals surface area contributed by atoms with E-state index < -0.39 is 0 Å². The lowest BCUT2D eigenvalue weighted by atomic mass is 9.91. The fraction of sp³-hybridized carbons (Fsp3) is 0.300. The summed E-state index contributed by atoms with van der Waals surface area (Å²) in [4.78, 5) is 0. The Bertz CT molecular complexity index is 827. The molecule has 0 saturated carbocycles. The standard InChI is InChI=1S/C20H22O/c1-11-7-13(3)18(14(4)8-11)17-10-21-20-16(6)12(2)9-15(5)19(17)20/h7-10H,1-6H3. The maximum Gasteiger partial charge on any atom is 0.137 e. The molecule has 0 aliphatic heterocycles. The van der Waals surface area contributed by atoms with Crippen molar-refractivity contribution in [1.29, 1.82) is 0 Å². The van der Waals surface area contributed by atoms with Crippen molar-refractivity contribution in [1.82, 2.24) is 0 Å². The van der Waals surface area contributed by atoms with Crippen molar-refractivity contribution in [3.05, 3.63) is 57.8 Å². The molecule has 0 fully saturated rings. The van der Waals surface area contributed by atoms with Gasteiger partial charge in [0.2, 0.25) is 0 Å². The van der Waals surface area contributed by atoms with E-state index in [9.17, 15) is 0 Å². The third-order valence-electron chi connectivity index (χ3n) is 4.50. The first-order valence-electron chi connectivity index (χ1n) is 7.46. The van der Waals surface area contributed by atoms with E-state index in [4.69, 9.17) is 4.42 Å². The highest BCUT2D eigenvalue weighted by Gasteiger charge is 2.17. The molecule has 21 heavy (non-hydrogen) atoms. The zero-order chi connectivity index (χ0) is 15.3. The fourth-order valence-corrected chi connectivity index (χ4v) is 3.50. The highest BCUT2D eigenvalue weighted by molar-refractivity contribution is 5.99. The molecule has 1 heteroatoms. The van der Waals surface area contributed by atoms with Crippen molar-refractivity contribution < 1.29 is 4.42 Å². The molecule has 0 aliphatic rings. The highest BCUT2D eigenvalue weighted by Crippen LogP contribution is 2.38. The highest BCUT2D eigenvalue weighted by atomic mass is 16.3. The second-order valence-electron chi connectivity index (χ2n) is 6.26. The SMILES string of the molecule is Cc1cc(C)c(-c2coc3c(C)c(C)cc(C)c23)c(C)c1. The third-order valence-corrected chi connectivity index (χ3v) is 4.50. The van der Waals surface area contributed by atoms with Crippen LogP contribution in [-0.4, -0.2) is 0 Å². The first-order chi connectivity index (χ1) is 9.90. The fourth-order valence-electron chi connectivity index (χ4n) is 3.50. The first kappa shape index (κ1) is 13.9. The summed E-state index contributed by atoms with van der Waals surface area (Å²) in [7, 11) is 0. The summed E-state index contributed by atoms with van der Waals surface area (Å²) >= 11 is 0. The predicted octanol–water partition coefficient (Wildman–Crippen LogP) is 5.95. The summed E-state index contributed by atoms with van der Waals surface area (Å²) in [5, 5.41) is 1.26. The largest absolute Gasteiger partial charge is 0.463 e. The molecule has 2 aromatic carbocycles. The van der Waals surface area contributed by atoms with Gasteiger partial charge >= 0.3 is 0 Å². The Hall–Kier alpha value is -2.02. The Balaban J connectivity index is 2.40. The Morgan fingerprint density at radius 1 is 0.714 bits per heavy atom. The molecule has 0 aliphatic carbocycles. The second-order valence-corrected chi connectivity index (χ2v) is 6.26. The molecular formula is C20H22O. The van der Waals surface area contributed by atoms with Crippen LogP contribution in [0.3, 0.4) is 0 Å². The summed E-state index contributed by atoms with van der Waals surface area (Å²) in [6.45, 7) is 13.0. The van der Waals surface area contributed by atoms with Crippen LogP contribution in [0.15, 0.2) is 28.9 Å². The van der Waals surface area contributed by atoms with Crippen LogP contribution < -0.4 is 0 Å². The van der Waals surface area contributed by atoms with E-state index in [1.165, 1.54) is 49.9 Å². The first-order valence-corrected chi connectivity index (χ1v) is 7.46. The van der Waals surface area contributed by atoms with Crippen molar-refractivity contribution in [2.45, 2.75) is 41.5 Å². The van der Waals surface area contributed by atoms with Crippen LogP contribution in [0, 0.1) is 41.5 Å². The predicted molar refractivity (Wildman–Crippen MR) is 90.1 cm³/mol. The van der Waals surface area contributed by atoms with Crippen LogP contribution in [-0.2, 0) is 0 Å². The molecule has 0 spiro atoms. The van der Waals surface area contributed by atoms with Crippen LogP contribution in [0.4, 0.5) is 0 Å². The number of hydrogen-bond acceptors (Lipinski definition) is 1. The molecule has 0 bridgehead atoms. The second kappa shape index (κ2) is 4.77. The van der Waals surface area contributed by atoms with Gasteiger partial charge in [-0.3, -0.25) is 0 Å². The third kappa shape index (κ3) is 2.08. The number of fused-ring (bicyclic) bond motifs is 1. The minimum absolute atomic E-state index is 1.03. The van der Waals surface area contributed by atoms with E-state index in [1.807, 2.05) is 6.26 Å². The van der Waals surface area contributed by atoms with Crippen LogP contribution in [0.2, 0.25) is 0 Å². The Morgan fingerprint density at radius 3 is 1.95 bits per heavy atom. The number of benzene rings is 2. The topological polar surface area (TPSA) is 13.1 Å². The van der Waals surface area contributed by atoms with Crippen molar-refractivity contribution in [3.63, 3.8) is 0 Å². The normalized spacial score (nSPS) is 11.3. The van der Waals surface area contributed by atoms with E-state index in [1.54, 1.807) is 0 Å². The van der Waals surface area contributed by atoms with Gasteiger partial charge in [-0.05, 0) is 74.9 Å². The lowest BCUT2D eigenvalue weighted by Gasteiger charge is -2.12. The summed E-state index contributed by atoms with van der Waals surface area (Å²) in [5.74, 6) is 0. The zero-order valence-corrected chi connectivity index (χ0v) is 13.7. The number of aryl methyl sites for hydroxylation is 6. The van der Waals surface area contributed by atoms with Gasteiger partial charge in [-0.25, -0.2) is 0 Å². The monoisotopic (exact) mass is 278 g/mol. The molecule has 1 aromatic heterocycles. The van der Waals surface area contributed by atoms with Gasteiger partial charge in [0, 0.05) is 10.9 Å². The minimum atomic E-state index is 1.03. The van der Waals surface area contributed by atoms with Gasteiger partial charge in [0.25, 0.3) is 0 Å². The molecule has 3 rings (SSSR count). The van der Waals surface area contributed by atoms with Crippen LogP contribution in [0.1, 0.15) is 33.4 Å². The molecule has 1 heterocycles. The molecule has 0 radical (unpaired) electrons. The summed E-state index contributed by atoms with van der Waals surface area (Å²) < 4.78 is 5.94. The van der Waals surface area contributed by atoms with Crippen LogP contribution in [0.5, 0.6) is 0 Å². The lowest BCUT2D eigenvalue weighted by Crippen LogP contribution is -1.91. The van der Waals surface area contributed by atoms with E-state index in [0.29, 0.717) is 0 Å². The molecule has 0 N–H and O–H groups in total. The van der Waals surface area contributed by atoms with Crippen molar-refractivity contribution in [2.75, 3.05) is 0 Å². The Kier molecular flexibility index (Phi) is 3.16. The average Bonchev–Trinajstić information content (AvgIpc) is 2.80. The van der Waals surface area contributed by atoms with Gasteiger partial charge in [0.1, 0.15) is 5.58 Å². The lowest BCUT2D eigenvalue weighted by molar-refractivity contribution is 0.613. The summed E-state index contributed by atoms with van der Waals surface area (Å²) in [6, 6.07) is 6.75. The number of rotatable bonds is 1. The molecule has 108 valence electrons. The molecule has 3 aromatic rings. The Labute approximate surface area is 126 Å². The average molecular weight is 278 g/mol. The summed E-state index contributed by atoms with van der Waals surface area (Å²) in [5.41, 5.74) is 11.3. The zero-order valence-electron chi connectivity index (χ0n) is 13.7. The van der Waals surface area contributed by atoms with Crippen LogP contribution in [0.25, 0.3) is 22.1 Å². The van der Waals surface area contributed by atoms with Crippen molar-refractivity contribution in [3.8, 4) is 11.1 Å². The molecule has 0 atom stereocenters. The van der Waals surface area contributed by atoms with Gasteiger partial charge in [0.05, 0.1) is 6.26 Å². The van der Waals surface area contributed by atoms with E-state index in [2.05, 4.69) is 59.7 Å². The van der Waals surface area contributed by atoms with E-state index in [-0.39, 0.29) is 0 Å². The van der Waals surface area contributed by atoms with Gasteiger partial charge < -0.3 is 4.42 Å². The van der Waals surface area contributed by atoms with Gasteiger partial charge in [-0.2, -0.15) is 0 Å². The quantitative estimate of drug-likeness (QED) is 0.536. The van der Waals surface area contributed by atoms with Crippen molar-refractivity contribution >= 4 is 11.0 Å². The van der Waals surface area contributed by atoms with Crippen molar-refractivity contribution in [2.24, 2.45) is 0 Å². The minimum Gasteiger partial charge on any atom is -0.463 e. The van der Waals surface area contributed by atoms with Gasteiger partial charge in [-0.1, -0.05) is 23.8 Å². The Morgan fingerprint density at radius 2 is 1.33 bits per heavy atom. The maximum atomic E-state index is 5.94. The van der Waals surface area contributed by atoms with E-state index in [0.717, 1.165) is 5.58 Å². The van der Waals surface area contributed by atoms with Gasteiger partial charge in [0.15, 0.2) is 0 Å². The molecule has 1 nitrogen and oxygen atoms in total. The summed E-state index contributed by atoms with van der Waals surface area (Å²) in [6.07, 6.45) is 1.93. The molecule has 0 amide bonds.